The van der Waals surface area contributed by atoms with Crippen LogP contribution in [0.15, 0.2) is 36.4 Å². The van der Waals surface area contributed by atoms with Gasteiger partial charge in [0.15, 0.2) is 17.6 Å². The van der Waals surface area contributed by atoms with Gasteiger partial charge >= 0.3 is 5.97 Å². The van der Waals surface area contributed by atoms with Crippen LogP contribution in [-0.2, 0) is 9.53 Å². The van der Waals surface area contributed by atoms with Crippen LogP contribution < -0.4 is 14.8 Å². The molecule has 2 aromatic rings. The average Bonchev–Trinajstić information content (AvgIpc) is 3.08. The van der Waals surface area contributed by atoms with Crippen molar-refractivity contribution in [1.82, 2.24) is 0 Å². The molecule has 9 nitrogen and oxygen atoms in total. The van der Waals surface area contributed by atoms with E-state index in [0.29, 0.717) is 22.7 Å². The van der Waals surface area contributed by atoms with E-state index in [1.807, 2.05) is 0 Å². The minimum atomic E-state index is -1.07. The SMILES string of the molecule is Cc1cc(C(=O)O[C@@H](C)C(=O)Nc2ccc3c(c2)OCO3)ccc1[N+](=O)[O-]. The molecule has 1 N–H and O–H groups in total. The number of hydrogen-bond donors (Lipinski definition) is 1. The first kappa shape index (κ1) is 18.2. The maximum absolute atomic E-state index is 12.2. The van der Waals surface area contributed by atoms with E-state index in [2.05, 4.69) is 5.32 Å². The van der Waals surface area contributed by atoms with Gasteiger partial charge in [-0.3, -0.25) is 14.9 Å². The molecule has 0 spiro atoms. The lowest BCUT2D eigenvalue weighted by Gasteiger charge is -2.14. The number of nitro benzene ring substituents is 1. The van der Waals surface area contributed by atoms with E-state index in [4.69, 9.17) is 14.2 Å². The van der Waals surface area contributed by atoms with Gasteiger partial charge in [-0.05, 0) is 38.1 Å². The number of hydrogen-bond acceptors (Lipinski definition) is 7. The van der Waals surface area contributed by atoms with Gasteiger partial charge < -0.3 is 19.5 Å². The molecule has 0 saturated carbocycles. The van der Waals surface area contributed by atoms with Gasteiger partial charge in [0.2, 0.25) is 6.79 Å². The first-order chi connectivity index (χ1) is 12.8. The van der Waals surface area contributed by atoms with Crippen molar-refractivity contribution >= 4 is 23.3 Å². The fourth-order valence-corrected chi connectivity index (χ4v) is 2.49. The number of carbonyl (C=O) groups excluding carboxylic acids is 2. The number of fused-ring (bicyclic) bond motifs is 1. The third-order valence-electron chi connectivity index (χ3n) is 3.92. The van der Waals surface area contributed by atoms with Gasteiger partial charge in [-0.1, -0.05) is 0 Å². The molecule has 0 saturated heterocycles. The maximum Gasteiger partial charge on any atom is 0.338 e. The summed E-state index contributed by atoms with van der Waals surface area (Å²) in [5, 5.41) is 13.5. The molecule has 0 bridgehead atoms. The molecule has 0 aromatic heterocycles. The molecule has 0 aliphatic carbocycles. The first-order valence-corrected chi connectivity index (χ1v) is 8.01. The van der Waals surface area contributed by atoms with Crippen LogP contribution in [0.25, 0.3) is 0 Å². The van der Waals surface area contributed by atoms with Crippen LogP contribution in [0.2, 0.25) is 0 Å². The Morgan fingerprint density at radius 3 is 2.63 bits per heavy atom. The van der Waals surface area contributed by atoms with Crippen LogP contribution in [0.1, 0.15) is 22.8 Å². The number of nitrogens with zero attached hydrogens (tertiary/aromatic N) is 1. The minimum absolute atomic E-state index is 0.0971. The Morgan fingerprint density at radius 2 is 1.93 bits per heavy atom. The standard InChI is InChI=1S/C18H16N2O7/c1-10-7-12(3-5-14(10)20(23)24)18(22)27-11(2)17(21)19-13-4-6-15-16(8-13)26-9-25-15/h3-8,11H,9H2,1-2H3,(H,19,21)/t11-/m0/s1. The van der Waals surface area contributed by atoms with E-state index in [0.717, 1.165) is 0 Å². The van der Waals surface area contributed by atoms with Crippen molar-refractivity contribution in [3.05, 3.63) is 57.6 Å². The third kappa shape index (κ3) is 3.97. The van der Waals surface area contributed by atoms with Crippen molar-refractivity contribution in [1.29, 1.82) is 0 Å². The third-order valence-corrected chi connectivity index (χ3v) is 3.92. The zero-order valence-electron chi connectivity index (χ0n) is 14.6. The van der Waals surface area contributed by atoms with Crippen molar-refractivity contribution in [3.63, 3.8) is 0 Å². The molecule has 0 unspecified atom stereocenters. The lowest BCUT2D eigenvalue weighted by molar-refractivity contribution is -0.385. The lowest BCUT2D eigenvalue weighted by atomic mass is 10.1. The van der Waals surface area contributed by atoms with Gasteiger partial charge in [0, 0.05) is 23.4 Å². The van der Waals surface area contributed by atoms with Gasteiger partial charge in [0.05, 0.1) is 10.5 Å². The van der Waals surface area contributed by atoms with E-state index in [1.165, 1.54) is 32.0 Å². The van der Waals surface area contributed by atoms with Crippen LogP contribution in [0, 0.1) is 17.0 Å². The number of carbonyl (C=O) groups is 2. The highest BCUT2D eigenvalue weighted by Gasteiger charge is 2.22. The quantitative estimate of drug-likeness (QED) is 0.487. The fourth-order valence-electron chi connectivity index (χ4n) is 2.49. The van der Waals surface area contributed by atoms with Crippen LogP contribution in [-0.4, -0.2) is 29.7 Å². The van der Waals surface area contributed by atoms with Gasteiger partial charge in [-0.15, -0.1) is 0 Å². The summed E-state index contributed by atoms with van der Waals surface area (Å²) < 4.78 is 15.6. The molecule has 1 heterocycles. The topological polar surface area (TPSA) is 117 Å². The largest absolute Gasteiger partial charge is 0.454 e. The Balaban J connectivity index is 1.63. The van der Waals surface area contributed by atoms with E-state index in [1.54, 1.807) is 18.2 Å². The summed E-state index contributed by atoms with van der Waals surface area (Å²) in [5.74, 6) is -0.179. The maximum atomic E-state index is 12.2. The van der Waals surface area contributed by atoms with Gasteiger partial charge in [0.25, 0.3) is 11.6 Å². The number of nitrogens with one attached hydrogen (secondary N) is 1. The summed E-state index contributed by atoms with van der Waals surface area (Å²) in [4.78, 5) is 34.7. The molecule has 2 aromatic carbocycles. The summed E-state index contributed by atoms with van der Waals surface area (Å²) in [6.45, 7) is 3.07. The minimum Gasteiger partial charge on any atom is -0.454 e. The average molecular weight is 372 g/mol. The van der Waals surface area contributed by atoms with E-state index >= 15 is 0 Å². The van der Waals surface area contributed by atoms with E-state index in [9.17, 15) is 19.7 Å². The highest BCUT2D eigenvalue weighted by molar-refractivity contribution is 5.97. The van der Waals surface area contributed by atoms with Crippen molar-refractivity contribution < 1.29 is 28.7 Å². The zero-order valence-corrected chi connectivity index (χ0v) is 14.6. The Hall–Kier alpha value is -3.62. The number of esters is 1. The van der Waals surface area contributed by atoms with Crippen LogP contribution in [0.3, 0.4) is 0 Å². The molecule has 1 aliphatic rings. The Kier molecular flexibility index (Phi) is 4.93. The van der Waals surface area contributed by atoms with Crippen LogP contribution in [0.5, 0.6) is 11.5 Å². The summed E-state index contributed by atoms with van der Waals surface area (Å²) >= 11 is 0. The predicted molar refractivity (Wildman–Crippen MR) is 93.9 cm³/mol. The summed E-state index contributed by atoms with van der Waals surface area (Å²) in [6.07, 6.45) is -1.07. The van der Waals surface area contributed by atoms with Crippen molar-refractivity contribution in [3.8, 4) is 11.5 Å². The number of anilines is 1. The Labute approximate surface area is 154 Å². The number of rotatable bonds is 5. The molecule has 1 atom stereocenters. The van der Waals surface area contributed by atoms with Gasteiger partial charge in [0.1, 0.15) is 0 Å². The van der Waals surface area contributed by atoms with Crippen molar-refractivity contribution in [2.24, 2.45) is 0 Å². The van der Waals surface area contributed by atoms with Crippen molar-refractivity contribution in [2.45, 2.75) is 20.0 Å². The van der Waals surface area contributed by atoms with Gasteiger partial charge in [-0.25, -0.2) is 4.79 Å². The number of ether oxygens (including phenoxy) is 3. The number of nitro groups is 1. The lowest BCUT2D eigenvalue weighted by Crippen LogP contribution is -2.30. The molecule has 1 aliphatic heterocycles. The summed E-state index contributed by atoms with van der Waals surface area (Å²) in [7, 11) is 0. The predicted octanol–water partition coefficient (Wildman–Crippen LogP) is 2.82. The normalized spacial score (nSPS) is 13.0. The molecular formula is C18H16N2O7. The van der Waals surface area contributed by atoms with Crippen LogP contribution >= 0.6 is 0 Å². The van der Waals surface area contributed by atoms with Gasteiger partial charge in [-0.2, -0.15) is 0 Å². The summed E-state index contributed by atoms with van der Waals surface area (Å²) in [5.41, 5.74) is 0.825. The second-order valence-electron chi connectivity index (χ2n) is 5.86. The molecule has 0 fully saturated rings. The van der Waals surface area contributed by atoms with Crippen molar-refractivity contribution in [2.75, 3.05) is 12.1 Å². The smallest absolute Gasteiger partial charge is 0.338 e. The van der Waals surface area contributed by atoms with Crippen LogP contribution in [0.4, 0.5) is 11.4 Å². The van der Waals surface area contributed by atoms with E-state index in [-0.39, 0.29) is 18.0 Å². The second kappa shape index (κ2) is 7.32. The first-order valence-electron chi connectivity index (χ1n) is 8.01. The Bertz CT molecular complexity index is 926. The molecule has 27 heavy (non-hydrogen) atoms. The molecule has 0 radical (unpaired) electrons. The number of aryl methyl sites for hydroxylation is 1. The zero-order chi connectivity index (χ0) is 19.6. The molecular weight excluding hydrogens is 356 g/mol. The highest BCUT2D eigenvalue weighted by atomic mass is 16.7. The number of amides is 1. The second-order valence-corrected chi connectivity index (χ2v) is 5.86. The summed E-state index contributed by atoms with van der Waals surface area (Å²) in [6, 6.07) is 8.77. The molecule has 3 rings (SSSR count). The number of benzene rings is 2. The molecule has 9 heteroatoms. The highest BCUT2D eigenvalue weighted by Crippen LogP contribution is 2.34. The molecule has 1 amide bonds. The Morgan fingerprint density at radius 1 is 1.19 bits per heavy atom. The fraction of sp³-hybridized carbons (Fsp3) is 0.222. The molecule has 140 valence electrons. The van der Waals surface area contributed by atoms with E-state index < -0.39 is 22.9 Å². The monoisotopic (exact) mass is 372 g/mol.